The summed E-state index contributed by atoms with van der Waals surface area (Å²) in [5, 5.41) is 3.15. The molecule has 1 aromatic heterocycles. The van der Waals surface area contributed by atoms with Gasteiger partial charge in [-0.15, -0.1) is 0 Å². The number of carbonyl (C=O) groups is 1. The molecule has 1 saturated heterocycles. The zero-order valence-corrected chi connectivity index (χ0v) is 10.7. The molecular formula is C13H19N3O2. The van der Waals surface area contributed by atoms with E-state index in [1.165, 1.54) is 0 Å². The molecule has 1 aliphatic heterocycles. The second-order valence-electron chi connectivity index (χ2n) is 4.47. The van der Waals surface area contributed by atoms with Crippen LogP contribution in [0.2, 0.25) is 0 Å². The van der Waals surface area contributed by atoms with E-state index in [2.05, 4.69) is 16.4 Å². The van der Waals surface area contributed by atoms with Crippen LogP contribution in [0, 0.1) is 6.92 Å². The fourth-order valence-corrected chi connectivity index (χ4v) is 1.95. The Balaban J connectivity index is 1.73. The van der Waals surface area contributed by atoms with Gasteiger partial charge in [-0.1, -0.05) is 6.07 Å². The Hall–Kier alpha value is -1.46. The number of pyridine rings is 1. The van der Waals surface area contributed by atoms with E-state index in [1.807, 2.05) is 24.2 Å². The molecule has 1 aliphatic rings. The lowest BCUT2D eigenvalue weighted by Gasteiger charge is -2.26. The molecule has 0 bridgehead atoms. The van der Waals surface area contributed by atoms with Crippen molar-refractivity contribution in [3.63, 3.8) is 0 Å². The third-order valence-electron chi connectivity index (χ3n) is 2.90. The molecule has 0 radical (unpaired) electrons. The molecule has 2 heterocycles. The van der Waals surface area contributed by atoms with Crippen LogP contribution in [0.15, 0.2) is 18.5 Å². The van der Waals surface area contributed by atoms with E-state index in [0.29, 0.717) is 39.4 Å². The van der Waals surface area contributed by atoms with Gasteiger partial charge in [0.2, 0.25) is 5.91 Å². The molecule has 1 amide bonds. The normalized spacial score (nSPS) is 15.7. The molecule has 0 saturated carbocycles. The van der Waals surface area contributed by atoms with Gasteiger partial charge in [-0.2, -0.15) is 0 Å². The number of rotatable bonds is 4. The van der Waals surface area contributed by atoms with Crippen LogP contribution in [0.25, 0.3) is 0 Å². The maximum Gasteiger partial charge on any atom is 0.236 e. The van der Waals surface area contributed by atoms with Gasteiger partial charge in [0.25, 0.3) is 0 Å². The van der Waals surface area contributed by atoms with Crippen LogP contribution in [-0.4, -0.2) is 48.6 Å². The van der Waals surface area contributed by atoms with Gasteiger partial charge in [-0.25, -0.2) is 0 Å². The van der Waals surface area contributed by atoms with Crippen molar-refractivity contribution in [2.45, 2.75) is 13.5 Å². The Labute approximate surface area is 107 Å². The molecule has 18 heavy (non-hydrogen) atoms. The predicted molar refractivity (Wildman–Crippen MR) is 68.1 cm³/mol. The Morgan fingerprint density at radius 1 is 1.44 bits per heavy atom. The zero-order chi connectivity index (χ0) is 12.8. The Morgan fingerprint density at radius 2 is 2.22 bits per heavy atom. The average molecular weight is 249 g/mol. The smallest absolute Gasteiger partial charge is 0.236 e. The first-order chi connectivity index (χ1) is 8.75. The largest absolute Gasteiger partial charge is 0.378 e. The van der Waals surface area contributed by atoms with E-state index in [9.17, 15) is 4.79 Å². The number of hydrogen-bond acceptors (Lipinski definition) is 4. The van der Waals surface area contributed by atoms with Crippen LogP contribution in [0.1, 0.15) is 11.1 Å². The molecule has 1 fully saturated rings. The number of aromatic nitrogens is 1. The second kappa shape index (κ2) is 6.47. The lowest BCUT2D eigenvalue weighted by Crippen LogP contribution is -2.44. The summed E-state index contributed by atoms with van der Waals surface area (Å²) in [6, 6.07) is 2.07. The molecule has 1 aromatic rings. The molecule has 98 valence electrons. The van der Waals surface area contributed by atoms with Crippen molar-refractivity contribution < 1.29 is 9.53 Å². The van der Waals surface area contributed by atoms with Crippen molar-refractivity contribution in [3.8, 4) is 0 Å². The number of nitrogens with one attached hydrogen (secondary N) is 1. The quantitative estimate of drug-likeness (QED) is 0.836. The van der Waals surface area contributed by atoms with Crippen LogP contribution in [0.4, 0.5) is 0 Å². The van der Waals surface area contributed by atoms with Gasteiger partial charge in [0.15, 0.2) is 0 Å². The van der Waals surface area contributed by atoms with E-state index in [4.69, 9.17) is 4.74 Å². The van der Waals surface area contributed by atoms with Crippen molar-refractivity contribution in [1.29, 1.82) is 0 Å². The average Bonchev–Trinajstić information content (AvgIpc) is 2.40. The maximum atomic E-state index is 11.8. The summed E-state index contributed by atoms with van der Waals surface area (Å²) in [5.74, 6) is 0.138. The number of amides is 1. The third-order valence-corrected chi connectivity index (χ3v) is 2.90. The number of nitrogens with zero attached hydrogens (tertiary/aromatic N) is 2. The summed E-state index contributed by atoms with van der Waals surface area (Å²) < 4.78 is 5.21. The fourth-order valence-electron chi connectivity index (χ4n) is 1.95. The van der Waals surface area contributed by atoms with Crippen molar-refractivity contribution in [1.82, 2.24) is 15.2 Å². The van der Waals surface area contributed by atoms with Gasteiger partial charge in [0.1, 0.15) is 0 Å². The molecule has 0 unspecified atom stereocenters. The van der Waals surface area contributed by atoms with Crippen LogP contribution in [0.5, 0.6) is 0 Å². The zero-order valence-electron chi connectivity index (χ0n) is 10.7. The molecule has 0 aliphatic carbocycles. The molecule has 0 aromatic carbocycles. The molecule has 1 N–H and O–H groups in total. The minimum Gasteiger partial charge on any atom is -0.378 e. The molecule has 5 nitrogen and oxygen atoms in total. The lowest BCUT2D eigenvalue weighted by molar-refractivity contribution is -0.134. The molecule has 5 heteroatoms. The number of morpholine rings is 1. The Bertz CT molecular complexity index is 403. The lowest BCUT2D eigenvalue weighted by atomic mass is 10.2. The summed E-state index contributed by atoms with van der Waals surface area (Å²) in [6.07, 6.45) is 3.64. The summed E-state index contributed by atoms with van der Waals surface area (Å²) in [4.78, 5) is 17.8. The van der Waals surface area contributed by atoms with Gasteiger partial charge in [0.05, 0.1) is 19.8 Å². The summed E-state index contributed by atoms with van der Waals surface area (Å²) in [5.41, 5.74) is 2.23. The van der Waals surface area contributed by atoms with Crippen molar-refractivity contribution in [2.75, 3.05) is 32.8 Å². The van der Waals surface area contributed by atoms with Gasteiger partial charge in [0, 0.05) is 32.0 Å². The fraction of sp³-hybridized carbons (Fsp3) is 0.538. The van der Waals surface area contributed by atoms with E-state index in [1.54, 1.807) is 0 Å². The minimum absolute atomic E-state index is 0.138. The van der Waals surface area contributed by atoms with Gasteiger partial charge >= 0.3 is 0 Å². The minimum atomic E-state index is 0.138. The van der Waals surface area contributed by atoms with E-state index < -0.39 is 0 Å². The summed E-state index contributed by atoms with van der Waals surface area (Å²) in [6.45, 7) is 5.74. The van der Waals surface area contributed by atoms with Gasteiger partial charge in [-0.3, -0.25) is 9.78 Å². The molecule has 0 spiro atoms. The standard InChI is InChI=1S/C13H19N3O2/c1-11-6-12(8-14-7-11)9-15-10-13(17)16-2-4-18-5-3-16/h6-8,15H,2-5,9-10H2,1H3. The van der Waals surface area contributed by atoms with E-state index >= 15 is 0 Å². The summed E-state index contributed by atoms with van der Waals surface area (Å²) in [7, 11) is 0. The van der Waals surface area contributed by atoms with Crippen molar-refractivity contribution in [3.05, 3.63) is 29.6 Å². The SMILES string of the molecule is Cc1cncc(CNCC(=O)N2CCOCC2)c1. The van der Waals surface area contributed by atoms with E-state index in [-0.39, 0.29) is 5.91 Å². The van der Waals surface area contributed by atoms with Crippen LogP contribution in [0.3, 0.4) is 0 Å². The van der Waals surface area contributed by atoms with Crippen LogP contribution in [-0.2, 0) is 16.1 Å². The highest BCUT2D eigenvalue weighted by Gasteiger charge is 2.15. The Morgan fingerprint density at radius 3 is 2.94 bits per heavy atom. The number of aryl methyl sites for hydroxylation is 1. The van der Waals surface area contributed by atoms with Crippen molar-refractivity contribution in [2.24, 2.45) is 0 Å². The van der Waals surface area contributed by atoms with Crippen LogP contribution >= 0.6 is 0 Å². The Kier molecular flexibility index (Phi) is 4.66. The third kappa shape index (κ3) is 3.78. The summed E-state index contributed by atoms with van der Waals surface area (Å²) >= 11 is 0. The van der Waals surface area contributed by atoms with E-state index in [0.717, 1.165) is 11.1 Å². The number of hydrogen-bond donors (Lipinski definition) is 1. The van der Waals surface area contributed by atoms with Gasteiger partial charge in [-0.05, 0) is 18.1 Å². The second-order valence-corrected chi connectivity index (χ2v) is 4.47. The van der Waals surface area contributed by atoms with Crippen molar-refractivity contribution >= 4 is 5.91 Å². The van der Waals surface area contributed by atoms with Gasteiger partial charge < -0.3 is 15.0 Å². The highest BCUT2D eigenvalue weighted by Crippen LogP contribution is 2.01. The van der Waals surface area contributed by atoms with Crippen LogP contribution < -0.4 is 5.32 Å². The predicted octanol–water partition coefficient (Wildman–Crippen LogP) is 0.338. The number of ether oxygens (including phenoxy) is 1. The molecule has 2 rings (SSSR count). The molecular weight excluding hydrogens is 230 g/mol. The first kappa shape index (κ1) is 13.0. The maximum absolute atomic E-state index is 11.8. The first-order valence-corrected chi connectivity index (χ1v) is 6.22. The highest BCUT2D eigenvalue weighted by atomic mass is 16.5. The molecule has 0 atom stereocenters. The highest BCUT2D eigenvalue weighted by molar-refractivity contribution is 5.78. The topological polar surface area (TPSA) is 54.5 Å². The monoisotopic (exact) mass is 249 g/mol. The first-order valence-electron chi connectivity index (χ1n) is 6.22. The number of carbonyl (C=O) groups excluding carboxylic acids is 1.